The van der Waals surface area contributed by atoms with Crippen LogP contribution in [0.3, 0.4) is 0 Å². The third-order valence-electron chi connectivity index (χ3n) is 3.29. The number of rotatable bonds is 7. The van der Waals surface area contributed by atoms with Crippen molar-refractivity contribution in [1.29, 1.82) is 0 Å². The Hall–Kier alpha value is -1.21. The zero-order valence-electron chi connectivity index (χ0n) is 13.0. The molecule has 22 heavy (non-hydrogen) atoms. The molecule has 1 N–H and O–H groups in total. The molecule has 0 aliphatic heterocycles. The second-order valence-corrected chi connectivity index (χ2v) is 8.40. The molecule has 0 aliphatic rings. The summed E-state index contributed by atoms with van der Waals surface area (Å²) in [5, 5.41) is 0. The van der Waals surface area contributed by atoms with E-state index in [1.807, 2.05) is 50.2 Å². The molecule has 0 radical (unpaired) electrons. The number of methoxy groups -OCH3 is 1. The fourth-order valence-corrected chi connectivity index (χ4v) is 4.28. The van der Waals surface area contributed by atoms with E-state index in [1.165, 1.54) is 4.88 Å². The van der Waals surface area contributed by atoms with Crippen molar-refractivity contribution >= 4 is 21.4 Å². The van der Waals surface area contributed by atoms with E-state index in [4.69, 9.17) is 4.74 Å². The van der Waals surface area contributed by atoms with Crippen LogP contribution >= 0.6 is 11.3 Å². The first-order valence-corrected chi connectivity index (χ1v) is 9.48. The van der Waals surface area contributed by atoms with Crippen molar-refractivity contribution in [3.63, 3.8) is 0 Å². The highest BCUT2D eigenvalue weighted by Crippen LogP contribution is 2.24. The SMILES string of the molecule is CO[C@@H](CNS(=O)(=O)Cc1cccc(C)c1)c1ccc(C)s1. The van der Waals surface area contributed by atoms with Crippen LogP contribution in [0.2, 0.25) is 0 Å². The molecule has 0 amide bonds. The molecular formula is C16H21NO3S2. The minimum atomic E-state index is -3.38. The lowest BCUT2D eigenvalue weighted by Gasteiger charge is -2.15. The van der Waals surface area contributed by atoms with Gasteiger partial charge in [-0.05, 0) is 31.5 Å². The summed E-state index contributed by atoms with van der Waals surface area (Å²) in [5.41, 5.74) is 1.84. The Balaban J connectivity index is 1.99. The number of sulfonamides is 1. The summed E-state index contributed by atoms with van der Waals surface area (Å²) in [5.74, 6) is -0.0193. The van der Waals surface area contributed by atoms with Gasteiger partial charge >= 0.3 is 0 Å². The third-order valence-corrected chi connectivity index (χ3v) is 5.70. The van der Waals surface area contributed by atoms with E-state index in [0.29, 0.717) is 0 Å². The first-order valence-electron chi connectivity index (χ1n) is 7.01. The minimum Gasteiger partial charge on any atom is -0.375 e. The summed E-state index contributed by atoms with van der Waals surface area (Å²) in [7, 11) is -1.79. The Kier molecular flexibility index (Phi) is 5.74. The molecule has 120 valence electrons. The van der Waals surface area contributed by atoms with E-state index < -0.39 is 10.0 Å². The molecule has 0 aliphatic carbocycles. The van der Waals surface area contributed by atoms with Gasteiger partial charge in [-0.2, -0.15) is 0 Å². The van der Waals surface area contributed by atoms with Gasteiger partial charge in [0.05, 0.1) is 5.75 Å². The molecule has 0 fully saturated rings. The molecule has 6 heteroatoms. The molecule has 2 aromatic rings. The molecule has 1 atom stereocenters. The van der Waals surface area contributed by atoms with E-state index in [2.05, 4.69) is 4.72 Å². The van der Waals surface area contributed by atoms with Crippen LogP contribution in [-0.2, 0) is 20.5 Å². The van der Waals surface area contributed by atoms with Crippen LogP contribution in [-0.4, -0.2) is 22.1 Å². The van der Waals surface area contributed by atoms with E-state index in [0.717, 1.165) is 16.0 Å². The average Bonchev–Trinajstić information content (AvgIpc) is 2.85. The number of nitrogens with one attached hydrogen (secondary N) is 1. The second-order valence-electron chi connectivity index (χ2n) is 5.27. The standard InChI is InChI=1S/C16H21NO3S2/c1-12-5-4-6-14(9-12)11-22(18,19)17-10-15(20-3)16-8-7-13(2)21-16/h4-9,15,17H,10-11H2,1-3H3/t15-/m0/s1. The van der Waals surface area contributed by atoms with Gasteiger partial charge in [0, 0.05) is 23.4 Å². The fraction of sp³-hybridized carbons (Fsp3) is 0.375. The Morgan fingerprint density at radius 3 is 2.59 bits per heavy atom. The lowest BCUT2D eigenvalue weighted by atomic mass is 10.2. The van der Waals surface area contributed by atoms with Gasteiger partial charge in [0.25, 0.3) is 0 Å². The molecule has 0 bridgehead atoms. The molecule has 1 aromatic carbocycles. The lowest BCUT2D eigenvalue weighted by molar-refractivity contribution is 0.110. The summed E-state index contributed by atoms with van der Waals surface area (Å²) < 4.78 is 32.4. The fourth-order valence-electron chi connectivity index (χ4n) is 2.20. The maximum atomic E-state index is 12.2. The van der Waals surface area contributed by atoms with Gasteiger partial charge in [-0.25, -0.2) is 13.1 Å². The van der Waals surface area contributed by atoms with Crippen molar-refractivity contribution in [2.45, 2.75) is 25.7 Å². The molecular weight excluding hydrogens is 318 g/mol. The predicted octanol–water partition coefficient (Wildman–Crippen LogP) is 3.17. The van der Waals surface area contributed by atoms with Crippen molar-refractivity contribution in [2.24, 2.45) is 0 Å². The van der Waals surface area contributed by atoms with Crippen LogP contribution in [0.25, 0.3) is 0 Å². The number of hydrogen-bond donors (Lipinski definition) is 1. The quantitative estimate of drug-likeness (QED) is 0.843. The summed E-state index contributed by atoms with van der Waals surface area (Å²) in [6.07, 6.45) is -0.258. The highest BCUT2D eigenvalue weighted by molar-refractivity contribution is 7.88. The average molecular weight is 339 g/mol. The number of thiophene rings is 1. The van der Waals surface area contributed by atoms with E-state index in [-0.39, 0.29) is 18.4 Å². The lowest BCUT2D eigenvalue weighted by Crippen LogP contribution is -2.30. The van der Waals surface area contributed by atoms with Crippen LogP contribution in [0, 0.1) is 13.8 Å². The van der Waals surface area contributed by atoms with Crippen LogP contribution in [0.15, 0.2) is 36.4 Å². The van der Waals surface area contributed by atoms with Gasteiger partial charge in [0.1, 0.15) is 6.10 Å². The molecule has 4 nitrogen and oxygen atoms in total. The second kappa shape index (κ2) is 7.37. The third kappa shape index (κ3) is 4.91. The summed E-state index contributed by atoms with van der Waals surface area (Å²) in [6, 6.07) is 11.5. The number of benzene rings is 1. The van der Waals surface area contributed by atoms with Crippen LogP contribution < -0.4 is 4.72 Å². The normalized spacial score (nSPS) is 13.2. The van der Waals surface area contributed by atoms with Crippen LogP contribution in [0.1, 0.15) is 27.0 Å². The van der Waals surface area contributed by atoms with Gasteiger partial charge in [-0.1, -0.05) is 29.8 Å². The molecule has 2 rings (SSSR count). The van der Waals surface area contributed by atoms with Gasteiger partial charge in [0.2, 0.25) is 10.0 Å². The van der Waals surface area contributed by atoms with Gasteiger partial charge in [-0.3, -0.25) is 0 Å². The Morgan fingerprint density at radius 1 is 1.23 bits per heavy atom. The molecule has 1 aromatic heterocycles. The zero-order valence-corrected chi connectivity index (χ0v) is 14.6. The monoisotopic (exact) mass is 339 g/mol. The number of aryl methyl sites for hydroxylation is 2. The molecule has 0 unspecified atom stereocenters. The van der Waals surface area contributed by atoms with Crippen LogP contribution in [0.5, 0.6) is 0 Å². The first-order chi connectivity index (χ1) is 10.4. The minimum absolute atomic E-state index is 0.0193. The van der Waals surface area contributed by atoms with Crippen molar-refractivity contribution in [1.82, 2.24) is 4.72 Å². The van der Waals surface area contributed by atoms with Gasteiger partial charge in [0.15, 0.2) is 0 Å². The molecule has 0 spiro atoms. The maximum absolute atomic E-state index is 12.2. The van der Waals surface area contributed by atoms with Crippen molar-refractivity contribution in [3.8, 4) is 0 Å². The largest absolute Gasteiger partial charge is 0.375 e. The Bertz CT molecular complexity index is 722. The smallest absolute Gasteiger partial charge is 0.215 e. The highest BCUT2D eigenvalue weighted by Gasteiger charge is 2.17. The van der Waals surface area contributed by atoms with Crippen molar-refractivity contribution in [3.05, 3.63) is 57.3 Å². The van der Waals surface area contributed by atoms with Gasteiger partial charge < -0.3 is 4.74 Å². The summed E-state index contributed by atoms with van der Waals surface area (Å²) in [4.78, 5) is 2.21. The Labute approximate surface area is 136 Å². The molecule has 0 saturated heterocycles. The topological polar surface area (TPSA) is 55.4 Å². The van der Waals surface area contributed by atoms with E-state index in [9.17, 15) is 8.42 Å². The van der Waals surface area contributed by atoms with E-state index >= 15 is 0 Å². The predicted molar refractivity (Wildman–Crippen MR) is 90.6 cm³/mol. The number of hydrogen-bond acceptors (Lipinski definition) is 4. The summed E-state index contributed by atoms with van der Waals surface area (Å²) in [6.45, 7) is 4.21. The molecule has 1 heterocycles. The van der Waals surface area contributed by atoms with Crippen LogP contribution in [0.4, 0.5) is 0 Å². The van der Waals surface area contributed by atoms with Crippen molar-refractivity contribution < 1.29 is 13.2 Å². The highest BCUT2D eigenvalue weighted by atomic mass is 32.2. The molecule has 0 saturated carbocycles. The number of ether oxygens (including phenoxy) is 1. The maximum Gasteiger partial charge on any atom is 0.215 e. The van der Waals surface area contributed by atoms with E-state index in [1.54, 1.807) is 18.4 Å². The first kappa shape index (κ1) is 17.1. The zero-order chi connectivity index (χ0) is 16.2. The summed E-state index contributed by atoms with van der Waals surface area (Å²) >= 11 is 1.62. The Morgan fingerprint density at radius 2 is 2.00 bits per heavy atom. The van der Waals surface area contributed by atoms with Crippen molar-refractivity contribution in [2.75, 3.05) is 13.7 Å². The van der Waals surface area contributed by atoms with Gasteiger partial charge in [-0.15, -0.1) is 11.3 Å².